The van der Waals surface area contributed by atoms with Crippen molar-refractivity contribution in [2.45, 2.75) is 17.4 Å². The first-order chi connectivity index (χ1) is 12.5. The zero-order chi connectivity index (χ0) is 18.3. The van der Waals surface area contributed by atoms with Crippen molar-refractivity contribution < 1.29 is 17.4 Å². The fourth-order valence-corrected chi connectivity index (χ4v) is 5.55. The molecule has 0 saturated heterocycles. The molecule has 1 amide bonds. The molecule has 134 valence electrons. The molecule has 26 heavy (non-hydrogen) atoms. The minimum atomic E-state index is -3.99. The Balaban J connectivity index is 1.71. The number of primary amides is 1. The fourth-order valence-electron chi connectivity index (χ4n) is 3.15. The predicted molar refractivity (Wildman–Crippen MR) is 99.7 cm³/mol. The minimum absolute atomic E-state index is 0.139. The van der Waals surface area contributed by atoms with Crippen LogP contribution in [-0.4, -0.2) is 20.9 Å². The summed E-state index contributed by atoms with van der Waals surface area (Å²) in [7, 11) is -3.99. The second-order valence-electron chi connectivity index (χ2n) is 6.03. The summed E-state index contributed by atoms with van der Waals surface area (Å²) in [6.45, 7) is 0.639. The van der Waals surface area contributed by atoms with E-state index in [2.05, 4.69) is 5.32 Å². The van der Waals surface area contributed by atoms with Crippen molar-refractivity contribution >= 4 is 37.4 Å². The standard InChI is InChI=1S/C18H16N2O4S2/c19-18(21)17-14-9-12(6-5-11(14)7-8-20-17)24-26(22,23)16-10-25-15-4-2-1-3-13(15)16/h1-6,9-10,17,20H,7-8H2,(H2,19,21). The highest BCUT2D eigenvalue weighted by molar-refractivity contribution is 7.87. The molecule has 3 N–H and O–H groups in total. The summed E-state index contributed by atoms with van der Waals surface area (Å²) in [6, 6.07) is 11.6. The van der Waals surface area contributed by atoms with Gasteiger partial charge < -0.3 is 15.2 Å². The first-order valence-electron chi connectivity index (χ1n) is 8.02. The van der Waals surface area contributed by atoms with Crippen LogP contribution in [0.5, 0.6) is 5.75 Å². The molecular formula is C18H16N2O4S2. The Labute approximate surface area is 154 Å². The van der Waals surface area contributed by atoms with Gasteiger partial charge in [0.1, 0.15) is 16.7 Å². The summed E-state index contributed by atoms with van der Waals surface area (Å²) < 4.78 is 31.7. The number of fused-ring (bicyclic) bond motifs is 2. The van der Waals surface area contributed by atoms with Crippen molar-refractivity contribution in [3.05, 3.63) is 59.0 Å². The Kier molecular flexibility index (Phi) is 4.18. The lowest BCUT2D eigenvalue weighted by atomic mass is 9.94. The van der Waals surface area contributed by atoms with Crippen LogP contribution in [0.2, 0.25) is 0 Å². The van der Waals surface area contributed by atoms with Crippen molar-refractivity contribution in [3.8, 4) is 5.75 Å². The molecule has 0 radical (unpaired) electrons. The van der Waals surface area contributed by atoms with Gasteiger partial charge in [0, 0.05) is 22.0 Å². The summed E-state index contributed by atoms with van der Waals surface area (Å²) in [5, 5.41) is 5.25. The van der Waals surface area contributed by atoms with Crippen LogP contribution in [0.15, 0.2) is 52.7 Å². The van der Waals surface area contributed by atoms with Gasteiger partial charge in [0.2, 0.25) is 5.91 Å². The van der Waals surface area contributed by atoms with Crippen molar-refractivity contribution in [2.24, 2.45) is 5.73 Å². The Bertz CT molecular complexity index is 1110. The Morgan fingerprint density at radius 2 is 2.04 bits per heavy atom. The van der Waals surface area contributed by atoms with Crippen LogP contribution >= 0.6 is 11.3 Å². The molecule has 0 spiro atoms. The molecule has 1 unspecified atom stereocenters. The maximum Gasteiger partial charge on any atom is 0.340 e. The van der Waals surface area contributed by atoms with Crippen molar-refractivity contribution in [2.75, 3.05) is 6.54 Å². The van der Waals surface area contributed by atoms with Gasteiger partial charge in [-0.1, -0.05) is 24.3 Å². The summed E-state index contributed by atoms with van der Waals surface area (Å²) in [6.07, 6.45) is 0.737. The highest BCUT2D eigenvalue weighted by Gasteiger charge is 2.26. The topological polar surface area (TPSA) is 98.5 Å². The molecule has 1 aliphatic rings. The van der Waals surface area contributed by atoms with Gasteiger partial charge in [-0.25, -0.2) is 0 Å². The predicted octanol–water partition coefficient (Wildman–Crippen LogP) is 2.34. The smallest absolute Gasteiger partial charge is 0.340 e. The van der Waals surface area contributed by atoms with E-state index < -0.39 is 22.1 Å². The first-order valence-corrected chi connectivity index (χ1v) is 10.3. The third-order valence-corrected chi connectivity index (χ3v) is 6.78. The van der Waals surface area contributed by atoms with E-state index in [4.69, 9.17) is 9.92 Å². The number of thiophene rings is 1. The Morgan fingerprint density at radius 3 is 2.85 bits per heavy atom. The highest BCUT2D eigenvalue weighted by atomic mass is 32.2. The van der Waals surface area contributed by atoms with E-state index in [1.54, 1.807) is 35.7 Å². The van der Waals surface area contributed by atoms with E-state index in [0.717, 1.165) is 16.7 Å². The molecule has 1 aromatic heterocycles. The minimum Gasteiger partial charge on any atom is -0.379 e. The molecule has 2 aromatic carbocycles. The zero-order valence-corrected chi connectivity index (χ0v) is 15.3. The average molecular weight is 388 g/mol. The van der Waals surface area contributed by atoms with Crippen molar-refractivity contribution in [1.29, 1.82) is 0 Å². The molecular weight excluding hydrogens is 372 g/mol. The number of nitrogens with two attached hydrogens (primary N) is 1. The number of benzene rings is 2. The molecule has 6 nitrogen and oxygen atoms in total. The van der Waals surface area contributed by atoms with E-state index in [-0.39, 0.29) is 10.6 Å². The highest BCUT2D eigenvalue weighted by Crippen LogP contribution is 2.33. The van der Waals surface area contributed by atoms with Crippen molar-refractivity contribution in [1.82, 2.24) is 5.32 Å². The maximum absolute atomic E-state index is 12.7. The van der Waals surface area contributed by atoms with Crippen LogP contribution in [-0.2, 0) is 21.3 Å². The molecule has 8 heteroatoms. The molecule has 2 heterocycles. The Hall–Kier alpha value is -2.42. The van der Waals surface area contributed by atoms with Gasteiger partial charge in [-0.2, -0.15) is 8.42 Å². The van der Waals surface area contributed by atoms with Gasteiger partial charge in [0.15, 0.2) is 0 Å². The van der Waals surface area contributed by atoms with E-state index in [0.29, 0.717) is 17.5 Å². The number of amides is 1. The van der Waals surface area contributed by atoms with Crippen LogP contribution in [0, 0.1) is 0 Å². The summed E-state index contributed by atoms with van der Waals surface area (Å²) >= 11 is 1.35. The van der Waals surface area contributed by atoms with Crippen LogP contribution in [0.3, 0.4) is 0 Å². The number of nitrogens with one attached hydrogen (secondary N) is 1. The third kappa shape index (κ3) is 2.96. The molecule has 0 fully saturated rings. The SMILES string of the molecule is NC(=O)C1NCCc2ccc(OS(=O)(=O)c3csc4ccccc34)cc21. The monoisotopic (exact) mass is 388 g/mol. The molecule has 1 atom stereocenters. The lowest BCUT2D eigenvalue weighted by Gasteiger charge is -2.25. The molecule has 3 aromatic rings. The Morgan fingerprint density at radius 1 is 1.23 bits per heavy atom. The molecule has 1 aliphatic heterocycles. The van der Waals surface area contributed by atoms with E-state index in [1.165, 1.54) is 11.3 Å². The lowest BCUT2D eigenvalue weighted by Crippen LogP contribution is -2.38. The van der Waals surface area contributed by atoms with Gasteiger partial charge in [0.05, 0.1) is 0 Å². The van der Waals surface area contributed by atoms with Gasteiger partial charge in [-0.05, 0) is 35.7 Å². The number of hydrogen-bond acceptors (Lipinski definition) is 6. The molecule has 0 bridgehead atoms. The van der Waals surface area contributed by atoms with Crippen LogP contribution in [0.4, 0.5) is 0 Å². The van der Waals surface area contributed by atoms with E-state index >= 15 is 0 Å². The lowest BCUT2D eigenvalue weighted by molar-refractivity contribution is -0.120. The molecule has 4 rings (SSSR count). The number of carbonyl (C=O) groups is 1. The van der Waals surface area contributed by atoms with Gasteiger partial charge in [0.25, 0.3) is 0 Å². The van der Waals surface area contributed by atoms with Gasteiger partial charge >= 0.3 is 10.1 Å². The second kappa shape index (κ2) is 6.39. The van der Waals surface area contributed by atoms with Gasteiger partial charge in [-0.15, -0.1) is 11.3 Å². The quantitative estimate of drug-likeness (QED) is 0.669. The third-order valence-electron chi connectivity index (χ3n) is 4.38. The van der Waals surface area contributed by atoms with E-state index in [1.807, 2.05) is 12.1 Å². The summed E-state index contributed by atoms with van der Waals surface area (Å²) in [4.78, 5) is 11.8. The van der Waals surface area contributed by atoms with E-state index in [9.17, 15) is 13.2 Å². The largest absolute Gasteiger partial charge is 0.379 e. The summed E-state index contributed by atoms with van der Waals surface area (Å²) in [5.74, 6) is -0.344. The van der Waals surface area contributed by atoms with Crippen LogP contribution in [0.25, 0.3) is 10.1 Å². The maximum atomic E-state index is 12.7. The first kappa shape index (κ1) is 17.0. The molecule has 0 saturated carbocycles. The number of rotatable bonds is 4. The summed E-state index contributed by atoms with van der Waals surface area (Å²) in [5.41, 5.74) is 7.06. The number of hydrogen-bond donors (Lipinski definition) is 2. The number of carbonyl (C=O) groups excluding carboxylic acids is 1. The molecule has 0 aliphatic carbocycles. The van der Waals surface area contributed by atoms with Gasteiger partial charge in [-0.3, -0.25) is 4.79 Å². The normalized spacial score (nSPS) is 17.0. The van der Waals surface area contributed by atoms with Crippen LogP contribution in [0.1, 0.15) is 17.2 Å². The van der Waals surface area contributed by atoms with Crippen LogP contribution < -0.4 is 15.2 Å². The zero-order valence-electron chi connectivity index (χ0n) is 13.6. The average Bonchev–Trinajstić information content (AvgIpc) is 3.05. The van der Waals surface area contributed by atoms with Crippen molar-refractivity contribution in [3.63, 3.8) is 0 Å². The second-order valence-corrected chi connectivity index (χ2v) is 8.46. The fraction of sp³-hybridized carbons (Fsp3) is 0.167.